The Labute approximate surface area is 160 Å². The van der Waals surface area contributed by atoms with Crippen LogP contribution in [0.3, 0.4) is 0 Å². The van der Waals surface area contributed by atoms with Crippen LogP contribution in [0.25, 0.3) is 0 Å². The molecule has 1 aliphatic rings. The van der Waals surface area contributed by atoms with Gasteiger partial charge < -0.3 is 14.2 Å². The van der Waals surface area contributed by atoms with Gasteiger partial charge >= 0.3 is 12.0 Å². The smallest absolute Gasteiger partial charge is 0.339 e. The summed E-state index contributed by atoms with van der Waals surface area (Å²) >= 11 is 0. The number of benzene rings is 1. The maximum absolute atomic E-state index is 12.3. The highest BCUT2D eigenvalue weighted by Gasteiger charge is 2.27. The van der Waals surface area contributed by atoms with Gasteiger partial charge in [-0.25, -0.2) is 22.7 Å². The van der Waals surface area contributed by atoms with Gasteiger partial charge in [0.2, 0.25) is 27.7 Å². The molecule has 12 heteroatoms. The Balaban J connectivity index is 1.72. The number of nitrogens with one attached hydrogen (secondary N) is 2. The van der Waals surface area contributed by atoms with E-state index >= 15 is 0 Å². The molecule has 28 heavy (non-hydrogen) atoms. The molecular weight excluding hydrogens is 392 g/mol. The van der Waals surface area contributed by atoms with E-state index in [2.05, 4.69) is 15.3 Å². The van der Waals surface area contributed by atoms with Crippen LogP contribution in [0.15, 0.2) is 24.3 Å². The number of esters is 1. The monoisotopic (exact) mass is 408 g/mol. The van der Waals surface area contributed by atoms with E-state index in [0.29, 0.717) is 5.56 Å². The predicted molar refractivity (Wildman–Crippen MR) is 95.5 cm³/mol. The van der Waals surface area contributed by atoms with Gasteiger partial charge in [-0.3, -0.25) is 5.32 Å². The van der Waals surface area contributed by atoms with Crippen molar-refractivity contribution < 1.29 is 32.2 Å². The molecule has 0 unspecified atom stereocenters. The Hall–Kier alpha value is -3.41. The van der Waals surface area contributed by atoms with Crippen LogP contribution in [-0.2, 0) is 27.1 Å². The molecule has 0 radical (unpaired) electrons. The van der Waals surface area contributed by atoms with Gasteiger partial charge in [0.05, 0.1) is 31.6 Å². The zero-order chi connectivity index (χ0) is 20.3. The van der Waals surface area contributed by atoms with E-state index in [1.54, 1.807) is 12.1 Å². The standard InChI is InChI=1S/C16H16N4O7S/c1-25-11-6-12(26-2)18-15(17-11)19-16(22)20-28(23,24)8-10-5-3-4-9-7-27-14(21)13(9)10/h3-6H,7-8H2,1-2H3,(H2,17,18,19,20,22). The van der Waals surface area contributed by atoms with Crippen LogP contribution in [0.2, 0.25) is 0 Å². The number of ether oxygens (including phenoxy) is 3. The van der Waals surface area contributed by atoms with E-state index in [0.717, 1.165) is 0 Å². The van der Waals surface area contributed by atoms with Crippen LogP contribution in [0.5, 0.6) is 11.8 Å². The molecular formula is C16H16N4O7S. The molecule has 0 atom stereocenters. The number of methoxy groups -OCH3 is 2. The number of aromatic nitrogens is 2. The van der Waals surface area contributed by atoms with Crippen molar-refractivity contribution in [2.75, 3.05) is 19.5 Å². The molecule has 2 heterocycles. The summed E-state index contributed by atoms with van der Waals surface area (Å²) in [7, 11) is -1.40. The fraction of sp³-hybridized carbons (Fsp3) is 0.250. The second-order valence-electron chi connectivity index (χ2n) is 5.62. The van der Waals surface area contributed by atoms with E-state index in [1.165, 1.54) is 26.4 Å². The third-order valence-corrected chi connectivity index (χ3v) is 4.90. The number of carbonyl (C=O) groups excluding carboxylic acids is 2. The third-order valence-electron chi connectivity index (χ3n) is 3.72. The minimum absolute atomic E-state index is 0.0883. The van der Waals surface area contributed by atoms with Crippen molar-refractivity contribution in [1.82, 2.24) is 14.7 Å². The summed E-state index contributed by atoms with van der Waals surface area (Å²) in [6, 6.07) is 5.07. The number of sulfonamides is 1. The number of carbonyl (C=O) groups is 2. The maximum atomic E-state index is 12.3. The molecule has 0 fully saturated rings. The maximum Gasteiger partial charge on any atom is 0.339 e. The number of cyclic esters (lactones) is 1. The minimum Gasteiger partial charge on any atom is -0.481 e. The topological polar surface area (TPSA) is 146 Å². The van der Waals surface area contributed by atoms with Crippen molar-refractivity contribution in [1.29, 1.82) is 0 Å². The number of hydrogen-bond acceptors (Lipinski definition) is 9. The lowest BCUT2D eigenvalue weighted by atomic mass is 10.0. The van der Waals surface area contributed by atoms with Crippen molar-refractivity contribution in [2.45, 2.75) is 12.4 Å². The quantitative estimate of drug-likeness (QED) is 0.663. The molecule has 2 N–H and O–H groups in total. The van der Waals surface area contributed by atoms with E-state index in [1.807, 2.05) is 4.72 Å². The van der Waals surface area contributed by atoms with Crippen molar-refractivity contribution in [2.24, 2.45) is 0 Å². The fourth-order valence-electron chi connectivity index (χ4n) is 2.55. The first-order valence-corrected chi connectivity index (χ1v) is 9.53. The second kappa shape index (κ2) is 7.68. The van der Waals surface area contributed by atoms with Crippen LogP contribution in [0.4, 0.5) is 10.7 Å². The molecule has 0 aliphatic carbocycles. The molecule has 0 bridgehead atoms. The molecule has 1 aromatic carbocycles. The number of anilines is 1. The third kappa shape index (κ3) is 4.28. The number of urea groups is 1. The molecule has 148 valence electrons. The van der Waals surface area contributed by atoms with E-state index in [-0.39, 0.29) is 35.4 Å². The lowest BCUT2D eigenvalue weighted by Gasteiger charge is -2.10. The molecule has 0 saturated carbocycles. The first-order valence-electron chi connectivity index (χ1n) is 7.87. The van der Waals surface area contributed by atoms with Gasteiger partial charge in [0.25, 0.3) is 0 Å². The molecule has 1 aromatic heterocycles. The summed E-state index contributed by atoms with van der Waals surface area (Å²) in [6.07, 6.45) is 0. The largest absolute Gasteiger partial charge is 0.481 e. The van der Waals surface area contributed by atoms with E-state index in [4.69, 9.17) is 14.2 Å². The van der Waals surface area contributed by atoms with Crippen molar-refractivity contribution >= 4 is 28.0 Å². The Morgan fingerprint density at radius 3 is 2.54 bits per heavy atom. The van der Waals surface area contributed by atoms with Crippen LogP contribution in [0.1, 0.15) is 21.5 Å². The average Bonchev–Trinajstić information content (AvgIpc) is 3.02. The summed E-state index contributed by atoms with van der Waals surface area (Å²) in [5, 5.41) is 2.19. The molecule has 2 aromatic rings. The Kier molecular flexibility index (Phi) is 5.31. The lowest BCUT2D eigenvalue weighted by molar-refractivity contribution is 0.0534. The van der Waals surface area contributed by atoms with Crippen molar-refractivity contribution in [3.63, 3.8) is 0 Å². The van der Waals surface area contributed by atoms with Crippen molar-refractivity contribution in [3.8, 4) is 11.8 Å². The minimum atomic E-state index is -4.12. The lowest BCUT2D eigenvalue weighted by Crippen LogP contribution is -2.35. The van der Waals surface area contributed by atoms with Crippen molar-refractivity contribution in [3.05, 3.63) is 41.0 Å². The van der Waals surface area contributed by atoms with E-state index < -0.39 is 27.8 Å². The van der Waals surface area contributed by atoms with Crippen LogP contribution < -0.4 is 19.5 Å². The van der Waals surface area contributed by atoms with Gasteiger partial charge in [-0.15, -0.1) is 0 Å². The summed E-state index contributed by atoms with van der Waals surface area (Å²) in [4.78, 5) is 31.6. The van der Waals surface area contributed by atoms with Gasteiger partial charge in [-0.2, -0.15) is 9.97 Å². The van der Waals surface area contributed by atoms with Gasteiger partial charge in [0.15, 0.2) is 0 Å². The fourth-order valence-corrected chi connectivity index (χ4v) is 3.61. The second-order valence-corrected chi connectivity index (χ2v) is 7.34. The van der Waals surface area contributed by atoms with Crippen LogP contribution >= 0.6 is 0 Å². The number of rotatable bonds is 6. The first kappa shape index (κ1) is 19.4. The normalized spacial score (nSPS) is 12.7. The van der Waals surface area contributed by atoms with Crippen LogP contribution in [-0.4, -0.2) is 44.6 Å². The zero-order valence-electron chi connectivity index (χ0n) is 14.9. The summed E-state index contributed by atoms with van der Waals surface area (Å²) < 4.78 is 41.3. The SMILES string of the molecule is COc1cc(OC)nc(NC(=O)NS(=O)(=O)Cc2cccc3c2C(=O)OC3)n1. The van der Waals surface area contributed by atoms with Gasteiger partial charge in [0, 0.05) is 5.56 Å². The first-order chi connectivity index (χ1) is 13.3. The highest BCUT2D eigenvalue weighted by molar-refractivity contribution is 7.89. The zero-order valence-corrected chi connectivity index (χ0v) is 15.7. The highest BCUT2D eigenvalue weighted by Crippen LogP contribution is 2.24. The highest BCUT2D eigenvalue weighted by atomic mass is 32.2. The van der Waals surface area contributed by atoms with Gasteiger partial charge in [-0.1, -0.05) is 18.2 Å². The van der Waals surface area contributed by atoms with Gasteiger partial charge in [0.1, 0.15) is 6.61 Å². The molecule has 0 spiro atoms. The molecule has 2 amide bonds. The Morgan fingerprint density at radius 1 is 1.21 bits per heavy atom. The van der Waals surface area contributed by atoms with Gasteiger partial charge in [-0.05, 0) is 5.56 Å². The Morgan fingerprint density at radius 2 is 1.89 bits per heavy atom. The summed E-state index contributed by atoms with van der Waals surface area (Å²) in [6.45, 7) is 0.0883. The average molecular weight is 408 g/mol. The summed E-state index contributed by atoms with van der Waals surface area (Å²) in [5.74, 6) is -1.16. The van der Waals surface area contributed by atoms with Crippen LogP contribution in [0, 0.1) is 0 Å². The van der Waals surface area contributed by atoms with E-state index in [9.17, 15) is 18.0 Å². The molecule has 1 aliphatic heterocycles. The Bertz CT molecular complexity index is 1020. The summed E-state index contributed by atoms with van der Waals surface area (Å²) in [5.41, 5.74) is 1.03. The predicted octanol–water partition coefficient (Wildman–Crippen LogP) is 0.816. The molecule has 0 saturated heterocycles. The molecule has 3 rings (SSSR count). The number of fused-ring (bicyclic) bond motifs is 1. The number of nitrogens with zero attached hydrogens (tertiary/aromatic N) is 2. The number of hydrogen-bond donors (Lipinski definition) is 2. The molecule has 11 nitrogen and oxygen atoms in total. The number of amides is 2.